The third-order valence-corrected chi connectivity index (χ3v) is 5.50. The number of hydrogen-bond donors (Lipinski definition) is 1. The Labute approximate surface area is 162 Å². The standard InChI is InChI=1S/C18H19ClF2N2O3S/c1-12-14(19)5-3-6-17(12)22-18(24)7-4-10-23(27(2,25)26)13-8-9-15(20)16(21)11-13/h3,5-6,8-9,11H,4,7,10H2,1-2H3,(H,22,24). The molecule has 0 aliphatic rings. The molecule has 0 saturated heterocycles. The average molecular weight is 417 g/mol. The highest BCUT2D eigenvalue weighted by Crippen LogP contribution is 2.24. The minimum absolute atomic E-state index is 0.00231. The van der Waals surface area contributed by atoms with Crippen molar-refractivity contribution in [2.24, 2.45) is 0 Å². The van der Waals surface area contributed by atoms with Gasteiger partial charge in [0.05, 0.1) is 11.9 Å². The molecule has 0 saturated carbocycles. The Morgan fingerprint density at radius 1 is 1.19 bits per heavy atom. The zero-order chi connectivity index (χ0) is 20.2. The lowest BCUT2D eigenvalue weighted by Crippen LogP contribution is -2.31. The number of amides is 1. The fourth-order valence-electron chi connectivity index (χ4n) is 2.47. The molecule has 0 spiro atoms. The zero-order valence-corrected chi connectivity index (χ0v) is 16.4. The largest absolute Gasteiger partial charge is 0.326 e. The minimum atomic E-state index is -3.72. The SMILES string of the molecule is Cc1c(Cl)cccc1NC(=O)CCCN(c1ccc(F)c(F)c1)S(C)(=O)=O. The molecule has 2 aromatic carbocycles. The van der Waals surface area contributed by atoms with Crippen molar-refractivity contribution >= 4 is 38.9 Å². The summed E-state index contributed by atoms with van der Waals surface area (Å²) in [4.78, 5) is 12.1. The monoisotopic (exact) mass is 416 g/mol. The Kier molecular flexibility index (Phi) is 6.78. The van der Waals surface area contributed by atoms with Gasteiger partial charge in [-0.3, -0.25) is 9.10 Å². The first-order valence-electron chi connectivity index (χ1n) is 8.07. The fraction of sp³-hybridized carbons (Fsp3) is 0.278. The summed E-state index contributed by atoms with van der Waals surface area (Å²) in [5, 5.41) is 3.24. The minimum Gasteiger partial charge on any atom is -0.326 e. The van der Waals surface area contributed by atoms with Gasteiger partial charge in [-0.15, -0.1) is 0 Å². The maximum Gasteiger partial charge on any atom is 0.232 e. The van der Waals surface area contributed by atoms with Crippen molar-refractivity contribution in [1.29, 1.82) is 0 Å². The molecule has 0 aliphatic carbocycles. The third kappa shape index (κ3) is 5.64. The molecule has 0 radical (unpaired) electrons. The van der Waals surface area contributed by atoms with E-state index in [2.05, 4.69) is 5.32 Å². The number of halogens is 3. The lowest BCUT2D eigenvalue weighted by Gasteiger charge is -2.22. The van der Waals surface area contributed by atoms with Gasteiger partial charge in [0.2, 0.25) is 15.9 Å². The highest BCUT2D eigenvalue weighted by atomic mass is 35.5. The van der Waals surface area contributed by atoms with Crippen LogP contribution in [-0.2, 0) is 14.8 Å². The summed E-state index contributed by atoms with van der Waals surface area (Å²) in [6.07, 6.45) is 1.20. The van der Waals surface area contributed by atoms with E-state index in [-0.39, 0.29) is 31.0 Å². The quantitative estimate of drug-likeness (QED) is 0.738. The maximum atomic E-state index is 13.4. The second-order valence-corrected chi connectivity index (χ2v) is 8.31. The molecule has 9 heteroatoms. The van der Waals surface area contributed by atoms with Crippen LogP contribution in [-0.4, -0.2) is 27.1 Å². The van der Waals surface area contributed by atoms with Crippen molar-refractivity contribution in [3.63, 3.8) is 0 Å². The van der Waals surface area contributed by atoms with Gasteiger partial charge in [0.1, 0.15) is 0 Å². The molecule has 0 aromatic heterocycles. The number of nitrogens with one attached hydrogen (secondary N) is 1. The smallest absolute Gasteiger partial charge is 0.232 e. The summed E-state index contributed by atoms with van der Waals surface area (Å²) in [6, 6.07) is 7.97. The van der Waals surface area contributed by atoms with Gasteiger partial charge in [-0.1, -0.05) is 17.7 Å². The molecule has 0 unspecified atom stereocenters. The van der Waals surface area contributed by atoms with E-state index in [0.717, 1.165) is 28.3 Å². The van der Waals surface area contributed by atoms with Gasteiger partial charge in [-0.2, -0.15) is 0 Å². The molecular formula is C18H19ClF2N2O3S. The summed E-state index contributed by atoms with van der Waals surface area (Å²) in [7, 11) is -3.72. The van der Waals surface area contributed by atoms with Crippen LogP contribution in [0.25, 0.3) is 0 Å². The van der Waals surface area contributed by atoms with Gasteiger partial charge in [0.25, 0.3) is 0 Å². The van der Waals surface area contributed by atoms with E-state index in [4.69, 9.17) is 11.6 Å². The van der Waals surface area contributed by atoms with E-state index in [0.29, 0.717) is 10.7 Å². The van der Waals surface area contributed by atoms with E-state index in [1.165, 1.54) is 6.07 Å². The van der Waals surface area contributed by atoms with Crippen molar-refractivity contribution in [2.75, 3.05) is 22.4 Å². The first-order valence-corrected chi connectivity index (χ1v) is 10.3. The van der Waals surface area contributed by atoms with Gasteiger partial charge in [0.15, 0.2) is 11.6 Å². The fourth-order valence-corrected chi connectivity index (χ4v) is 3.60. The molecule has 0 heterocycles. The Balaban J connectivity index is 2.02. The number of hydrogen-bond acceptors (Lipinski definition) is 3. The molecule has 2 aromatic rings. The molecule has 1 amide bonds. The number of benzene rings is 2. The molecule has 146 valence electrons. The maximum absolute atomic E-state index is 13.4. The Morgan fingerprint density at radius 2 is 1.89 bits per heavy atom. The van der Waals surface area contributed by atoms with Crippen LogP contribution in [0.1, 0.15) is 18.4 Å². The Morgan fingerprint density at radius 3 is 2.52 bits per heavy atom. The van der Waals surface area contributed by atoms with Crippen molar-refractivity contribution in [3.05, 3.63) is 58.6 Å². The highest BCUT2D eigenvalue weighted by molar-refractivity contribution is 7.92. The van der Waals surface area contributed by atoms with Crippen LogP contribution >= 0.6 is 11.6 Å². The molecule has 0 atom stereocenters. The van der Waals surface area contributed by atoms with E-state index in [1.54, 1.807) is 25.1 Å². The number of sulfonamides is 1. The van der Waals surface area contributed by atoms with Crippen LogP contribution in [0.3, 0.4) is 0 Å². The van der Waals surface area contributed by atoms with E-state index < -0.39 is 21.7 Å². The third-order valence-electron chi connectivity index (χ3n) is 3.90. The molecule has 0 aliphatic heterocycles. The van der Waals surface area contributed by atoms with E-state index in [9.17, 15) is 22.0 Å². The topological polar surface area (TPSA) is 66.5 Å². The van der Waals surface area contributed by atoms with Gasteiger partial charge in [-0.05, 0) is 43.2 Å². The summed E-state index contributed by atoms with van der Waals surface area (Å²) in [6.45, 7) is 1.72. The number of carbonyl (C=O) groups is 1. The van der Waals surface area contributed by atoms with Gasteiger partial charge in [-0.25, -0.2) is 17.2 Å². The van der Waals surface area contributed by atoms with Crippen LogP contribution < -0.4 is 9.62 Å². The van der Waals surface area contributed by atoms with Crippen LogP contribution in [0.2, 0.25) is 5.02 Å². The van der Waals surface area contributed by atoms with E-state index >= 15 is 0 Å². The zero-order valence-electron chi connectivity index (χ0n) is 14.8. The number of nitrogens with zero attached hydrogens (tertiary/aromatic N) is 1. The molecule has 0 bridgehead atoms. The lowest BCUT2D eigenvalue weighted by molar-refractivity contribution is -0.116. The van der Waals surface area contributed by atoms with Crippen LogP contribution in [0.5, 0.6) is 0 Å². The van der Waals surface area contributed by atoms with Gasteiger partial charge < -0.3 is 5.32 Å². The van der Waals surface area contributed by atoms with Gasteiger partial charge in [0, 0.05) is 29.7 Å². The molecule has 1 N–H and O–H groups in total. The predicted octanol–water partition coefficient (Wildman–Crippen LogP) is 4.11. The van der Waals surface area contributed by atoms with Crippen molar-refractivity contribution in [2.45, 2.75) is 19.8 Å². The molecule has 27 heavy (non-hydrogen) atoms. The van der Waals surface area contributed by atoms with E-state index in [1.807, 2.05) is 0 Å². The second kappa shape index (κ2) is 8.67. The second-order valence-electron chi connectivity index (χ2n) is 6.00. The normalized spacial score (nSPS) is 11.3. The summed E-state index contributed by atoms with van der Waals surface area (Å²) < 4.78 is 51.4. The highest BCUT2D eigenvalue weighted by Gasteiger charge is 2.19. The first kappa shape index (κ1) is 21.1. The first-order chi connectivity index (χ1) is 12.6. The molecule has 5 nitrogen and oxygen atoms in total. The Hall–Kier alpha value is -2.19. The lowest BCUT2D eigenvalue weighted by atomic mass is 10.2. The summed E-state index contributed by atoms with van der Waals surface area (Å²) in [5.74, 6) is -2.52. The van der Waals surface area contributed by atoms with Crippen LogP contribution in [0.15, 0.2) is 36.4 Å². The predicted molar refractivity (Wildman–Crippen MR) is 103 cm³/mol. The molecular weight excluding hydrogens is 398 g/mol. The van der Waals surface area contributed by atoms with Crippen molar-refractivity contribution in [1.82, 2.24) is 0 Å². The summed E-state index contributed by atoms with van der Waals surface area (Å²) in [5.41, 5.74) is 1.31. The van der Waals surface area contributed by atoms with Crippen molar-refractivity contribution in [3.8, 4) is 0 Å². The average Bonchev–Trinajstić information content (AvgIpc) is 2.57. The Bertz CT molecular complexity index is 952. The number of carbonyl (C=O) groups excluding carboxylic acids is 1. The number of rotatable bonds is 7. The summed E-state index contributed by atoms with van der Waals surface area (Å²) >= 11 is 6.00. The van der Waals surface area contributed by atoms with Gasteiger partial charge >= 0.3 is 0 Å². The van der Waals surface area contributed by atoms with Crippen LogP contribution in [0, 0.1) is 18.6 Å². The molecule has 0 fully saturated rings. The number of anilines is 2. The molecule has 2 rings (SSSR count). The van der Waals surface area contributed by atoms with Crippen LogP contribution in [0.4, 0.5) is 20.2 Å². The van der Waals surface area contributed by atoms with Crippen molar-refractivity contribution < 1.29 is 22.0 Å².